The molecule has 1 atom stereocenters. The number of phenolic OH excluding ortho intramolecular Hbond substituents is 1. The van der Waals surface area contributed by atoms with Crippen molar-refractivity contribution >= 4 is 11.6 Å². The standard InChI is InChI=1S/C25H40N2O3/c1-16(2)30-12-10-17-9-11-27(23(17)26)15-21(28)18-13-19(24(3,4)5)22(29)20(14-18)25(6,7)8/h13-14,16-17,26,29H,9-12,15H2,1-8H3. The molecule has 1 saturated heterocycles. The van der Waals surface area contributed by atoms with Crippen molar-refractivity contribution in [1.29, 1.82) is 5.41 Å². The SMILES string of the molecule is CC(C)OCCC1CCN(CC(=O)c2cc(C(C)(C)C)c(O)c(C(C)(C)C)c2)C1=N. The Morgan fingerprint density at radius 1 is 1.17 bits per heavy atom. The van der Waals surface area contributed by atoms with Crippen molar-refractivity contribution in [3.63, 3.8) is 0 Å². The quantitative estimate of drug-likeness (QED) is 0.593. The number of rotatable bonds is 7. The van der Waals surface area contributed by atoms with Gasteiger partial charge >= 0.3 is 0 Å². The van der Waals surface area contributed by atoms with E-state index in [2.05, 4.69) is 0 Å². The lowest BCUT2D eigenvalue weighted by Gasteiger charge is -2.28. The Morgan fingerprint density at radius 3 is 2.17 bits per heavy atom. The van der Waals surface area contributed by atoms with Crippen molar-refractivity contribution < 1.29 is 14.6 Å². The number of aromatic hydroxyl groups is 1. The summed E-state index contributed by atoms with van der Waals surface area (Å²) in [7, 11) is 0. The maximum absolute atomic E-state index is 13.2. The van der Waals surface area contributed by atoms with Crippen LogP contribution in [0.25, 0.3) is 0 Å². The van der Waals surface area contributed by atoms with Crippen molar-refractivity contribution in [2.45, 2.75) is 85.2 Å². The first-order valence-electron chi connectivity index (χ1n) is 11.1. The molecule has 1 aliphatic heterocycles. The molecule has 0 radical (unpaired) electrons. The Labute approximate surface area is 182 Å². The molecule has 0 saturated carbocycles. The molecule has 2 rings (SSSR count). The van der Waals surface area contributed by atoms with Gasteiger partial charge in [-0.15, -0.1) is 0 Å². The first-order valence-corrected chi connectivity index (χ1v) is 11.1. The van der Waals surface area contributed by atoms with E-state index in [4.69, 9.17) is 10.1 Å². The molecule has 0 spiro atoms. The lowest BCUT2D eigenvalue weighted by atomic mass is 9.78. The summed E-state index contributed by atoms with van der Waals surface area (Å²) in [5.74, 6) is 0.980. The molecule has 1 heterocycles. The zero-order valence-corrected chi connectivity index (χ0v) is 20.1. The molecular weight excluding hydrogens is 376 g/mol. The van der Waals surface area contributed by atoms with E-state index in [0.29, 0.717) is 18.0 Å². The first-order chi connectivity index (χ1) is 13.7. The van der Waals surface area contributed by atoms with Gasteiger partial charge in [0.2, 0.25) is 0 Å². The third-order valence-electron chi connectivity index (χ3n) is 5.77. The molecule has 1 aromatic carbocycles. The van der Waals surface area contributed by atoms with Gasteiger partial charge in [-0.3, -0.25) is 10.2 Å². The minimum absolute atomic E-state index is 0.00479. The van der Waals surface area contributed by atoms with E-state index in [-0.39, 0.29) is 40.9 Å². The number of nitrogens with one attached hydrogen (secondary N) is 1. The van der Waals surface area contributed by atoms with Crippen LogP contribution < -0.4 is 0 Å². The Hall–Kier alpha value is -1.88. The van der Waals surface area contributed by atoms with Crippen molar-refractivity contribution in [2.24, 2.45) is 5.92 Å². The van der Waals surface area contributed by atoms with Gasteiger partial charge in [-0.1, -0.05) is 41.5 Å². The highest BCUT2D eigenvalue weighted by Gasteiger charge is 2.31. The van der Waals surface area contributed by atoms with E-state index in [1.807, 2.05) is 72.4 Å². The van der Waals surface area contributed by atoms with Crippen LogP contribution in [0.3, 0.4) is 0 Å². The van der Waals surface area contributed by atoms with Gasteiger partial charge in [0, 0.05) is 35.8 Å². The lowest BCUT2D eigenvalue weighted by Crippen LogP contribution is -2.33. The fourth-order valence-electron chi connectivity index (χ4n) is 3.92. The zero-order chi connectivity index (χ0) is 22.9. The summed E-state index contributed by atoms with van der Waals surface area (Å²) in [5.41, 5.74) is 1.64. The lowest BCUT2D eigenvalue weighted by molar-refractivity contribution is 0.0728. The van der Waals surface area contributed by atoms with Gasteiger partial charge in [-0.2, -0.15) is 0 Å². The Morgan fingerprint density at radius 2 is 1.70 bits per heavy atom. The van der Waals surface area contributed by atoms with Gasteiger partial charge in [-0.25, -0.2) is 0 Å². The molecule has 1 fully saturated rings. The Balaban J connectivity index is 2.20. The molecule has 0 aliphatic carbocycles. The molecule has 1 aromatic rings. The van der Waals surface area contributed by atoms with Crippen LogP contribution in [-0.2, 0) is 15.6 Å². The maximum atomic E-state index is 13.2. The van der Waals surface area contributed by atoms with E-state index in [9.17, 15) is 9.90 Å². The molecule has 5 heteroatoms. The van der Waals surface area contributed by atoms with Crippen LogP contribution in [0.15, 0.2) is 12.1 Å². The summed E-state index contributed by atoms with van der Waals surface area (Å²) in [6.07, 6.45) is 1.91. The third kappa shape index (κ3) is 5.84. The average molecular weight is 417 g/mol. The van der Waals surface area contributed by atoms with E-state index in [1.54, 1.807) is 0 Å². The van der Waals surface area contributed by atoms with Gasteiger partial charge in [0.25, 0.3) is 0 Å². The topological polar surface area (TPSA) is 73.6 Å². The minimum Gasteiger partial charge on any atom is -0.507 e. The highest BCUT2D eigenvalue weighted by molar-refractivity contribution is 6.00. The highest BCUT2D eigenvalue weighted by Crippen LogP contribution is 2.40. The number of phenols is 1. The van der Waals surface area contributed by atoms with Crippen molar-refractivity contribution in [3.8, 4) is 5.75 Å². The molecule has 0 bridgehead atoms. The van der Waals surface area contributed by atoms with Crippen LogP contribution in [0, 0.1) is 11.3 Å². The highest BCUT2D eigenvalue weighted by atomic mass is 16.5. The second-order valence-electron chi connectivity index (χ2n) is 10.8. The number of Topliss-reactive ketones (excluding diaryl/α,β-unsaturated/α-hetero) is 1. The normalized spacial score (nSPS) is 17.8. The molecule has 0 aromatic heterocycles. The van der Waals surface area contributed by atoms with E-state index < -0.39 is 0 Å². The molecule has 5 nitrogen and oxygen atoms in total. The number of carbonyl (C=O) groups excluding carboxylic acids is 1. The van der Waals surface area contributed by atoms with E-state index in [0.717, 1.165) is 30.5 Å². The molecule has 168 valence electrons. The van der Waals surface area contributed by atoms with Crippen molar-refractivity contribution in [3.05, 3.63) is 28.8 Å². The Kier molecular flexibility index (Phi) is 7.39. The molecule has 1 aliphatic rings. The second-order valence-corrected chi connectivity index (χ2v) is 10.8. The van der Waals surface area contributed by atoms with Crippen LogP contribution in [0.4, 0.5) is 0 Å². The molecule has 30 heavy (non-hydrogen) atoms. The van der Waals surface area contributed by atoms with Gasteiger partial charge < -0.3 is 14.7 Å². The van der Waals surface area contributed by atoms with Crippen molar-refractivity contribution in [1.82, 2.24) is 4.90 Å². The number of ether oxygens (including phenoxy) is 1. The fourth-order valence-corrected chi connectivity index (χ4v) is 3.92. The van der Waals surface area contributed by atoms with Gasteiger partial charge in [0.1, 0.15) is 5.75 Å². The number of benzene rings is 1. The predicted molar refractivity (Wildman–Crippen MR) is 123 cm³/mol. The number of hydrogen-bond donors (Lipinski definition) is 2. The molecule has 1 unspecified atom stereocenters. The molecular formula is C25H40N2O3. The second kappa shape index (κ2) is 9.09. The fraction of sp³-hybridized carbons (Fsp3) is 0.680. The maximum Gasteiger partial charge on any atom is 0.182 e. The summed E-state index contributed by atoms with van der Waals surface area (Å²) in [4.78, 5) is 15.1. The number of nitrogens with zero attached hydrogens (tertiary/aromatic N) is 1. The van der Waals surface area contributed by atoms with Crippen LogP contribution in [0.2, 0.25) is 0 Å². The van der Waals surface area contributed by atoms with E-state index >= 15 is 0 Å². The summed E-state index contributed by atoms with van der Waals surface area (Å²) in [5, 5.41) is 19.4. The summed E-state index contributed by atoms with van der Waals surface area (Å²) < 4.78 is 5.63. The number of amidine groups is 1. The number of carbonyl (C=O) groups is 1. The largest absolute Gasteiger partial charge is 0.507 e. The van der Waals surface area contributed by atoms with Crippen LogP contribution >= 0.6 is 0 Å². The van der Waals surface area contributed by atoms with Gasteiger partial charge in [0.15, 0.2) is 5.78 Å². The molecule has 0 amide bonds. The predicted octanol–water partition coefficient (Wildman–Crippen LogP) is 5.28. The van der Waals surface area contributed by atoms with Crippen LogP contribution in [0.1, 0.15) is 89.7 Å². The number of hydrogen-bond acceptors (Lipinski definition) is 4. The minimum atomic E-state index is -0.276. The van der Waals surface area contributed by atoms with Gasteiger partial charge in [-0.05, 0) is 49.7 Å². The van der Waals surface area contributed by atoms with Crippen molar-refractivity contribution in [2.75, 3.05) is 19.7 Å². The monoisotopic (exact) mass is 416 g/mol. The summed E-state index contributed by atoms with van der Waals surface area (Å²) in [6.45, 7) is 17.9. The number of ketones is 1. The Bertz CT molecular complexity index is 750. The van der Waals surface area contributed by atoms with Crippen LogP contribution in [0.5, 0.6) is 5.75 Å². The number of likely N-dealkylation sites (tertiary alicyclic amines) is 1. The molecule has 2 N–H and O–H groups in total. The van der Waals surface area contributed by atoms with Crippen LogP contribution in [-0.4, -0.2) is 47.4 Å². The van der Waals surface area contributed by atoms with Gasteiger partial charge in [0.05, 0.1) is 18.5 Å². The van der Waals surface area contributed by atoms with E-state index in [1.165, 1.54) is 0 Å². The summed E-state index contributed by atoms with van der Waals surface area (Å²) >= 11 is 0. The average Bonchev–Trinajstić information content (AvgIpc) is 2.93. The smallest absolute Gasteiger partial charge is 0.182 e. The zero-order valence-electron chi connectivity index (χ0n) is 20.1. The summed E-state index contributed by atoms with van der Waals surface area (Å²) in [6, 6.07) is 3.67. The third-order valence-corrected chi connectivity index (χ3v) is 5.77. The first kappa shape index (κ1) is 24.4.